The zero-order valence-electron chi connectivity index (χ0n) is 19.0. The summed E-state index contributed by atoms with van der Waals surface area (Å²) >= 11 is 0. The Balaban J connectivity index is 1.77. The number of carbonyl (C=O) groups is 3. The molecule has 1 aromatic heterocycles. The highest BCUT2D eigenvalue weighted by Gasteiger charge is 2.38. The van der Waals surface area contributed by atoms with Crippen molar-refractivity contribution in [3.8, 4) is 5.69 Å². The summed E-state index contributed by atoms with van der Waals surface area (Å²) in [6, 6.07) is 6.30. The molecule has 0 unspecified atom stereocenters. The topological polar surface area (TPSA) is 109 Å². The minimum absolute atomic E-state index is 0.0428. The first-order valence-electron chi connectivity index (χ1n) is 10.7. The van der Waals surface area contributed by atoms with Crippen LogP contribution in [-0.4, -0.2) is 64.3 Å². The van der Waals surface area contributed by atoms with Crippen LogP contribution in [-0.2, 0) is 9.59 Å². The second kappa shape index (κ2) is 8.19. The molecule has 2 fully saturated rings. The molecule has 0 saturated carbocycles. The van der Waals surface area contributed by atoms with E-state index >= 15 is 0 Å². The molecule has 4 rings (SSSR count). The number of aryl methyl sites for hydroxylation is 1. The van der Waals surface area contributed by atoms with Crippen molar-refractivity contribution in [3.05, 3.63) is 56.9 Å². The third-order valence-electron chi connectivity index (χ3n) is 6.27. The molecule has 10 heteroatoms. The van der Waals surface area contributed by atoms with Gasteiger partial charge in [0.15, 0.2) is 0 Å². The molecule has 2 aliphatic rings. The van der Waals surface area contributed by atoms with E-state index in [-0.39, 0.29) is 16.2 Å². The van der Waals surface area contributed by atoms with Crippen LogP contribution in [0.15, 0.2) is 29.8 Å². The molecule has 0 atom stereocenters. The van der Waals surface area contributed by atoms with Gasteiger partial charge in [-0.25, -0.2) is 4.79 Å². The van der Waals surface area contributed by atoms with Crippen molar-refractivity contribution in [2.45, 2.75) is 26.7 Å². The van der Waals surface area contributed by atoms with Crippen LogP contribution in [0.5, 0.6) is 0 Å². The summed E-state index contributed by atoms with van der Waals surface area (Å²) in [7, 11) is 2.65. The maximum atomic E-state index is 12.6. The maximum absolute atomic E-state index is 12.6. The van der Waals surface area contributed by atoms with Gasteiger partial charge in [0.2, 0.25) is 0 Å². The summed E-state index contributed by atoms with van der Waals surface area (Å²) in [6.45, 7) is 5.26. The number of anilines is 1. The number of likely N-dealkylation sites (N-methyl/N-ethyl adjacent to an activating group) is 2. The van der Waals surface area contributed by atoms with E-state index in [1.165, 1.54) is 20.2 Å². The Morgan fingerprint density at radius 2 is 1.58 bits per heavy atom. The summed E-state index contributed by atoms with van der Waals surface area (Å²) in [5.41, 5.74) is 3.28. The Morgan fingerprint density at radius 1 is 0.970 bits per heavy atom. The largest absolute Gasteiger partial charge is 0.366 e. The first-order chi connectivity index (χ1) is 15.6. The van der Waals surface area contributed by atoms with Gasteiger partial charge in [-0.15, -0.1) is 0 Å². The molecule has 1 aromatic carbocycles. The number of rotatable bonds is 4. The molecule has 10 nitrogen and oxygen atoms in total. The second-order valence-electron chi connectivity index (χ2n) is 8.36. The number of imide groups is 2. The van der Waals surface area contributed by atoms with Gasteiger partial charge in [-0.05, 0) is 56.5 Å². The molecule has 4 amide bonds. The highest BCUT2D eigenvalue weighted by molar-refractivity contribution is 6.30. The fourth-order valence-corrected chi connectivity index (χ4v) is 4.48. The molecule has 0 bridgehead atoms. The van der Waals surface area contributed by atoms with Crippen molar-refractivity contribution >= 4 is 35.3 Å². The number of amides is 4. The summed E-state index contributed by atoms with van der Waals surface area (Å²) in [5, 5.41) is 11.8. The van der Waals surface area contributed by atoms with Crippen LogP contribution >= 0.6 is 0 Å². The van der Waals surface area contributed by atoms with Crippen molar-refractivity contribution in [1.29, 1.82) is 0 Å². The van der Waals surface area contributed by atoms with Gasteiger partial charge >= 0.3 is 6.03 Å². The third kappa shape index (κ3) is 3.67. The monoisotopic (exact) mass is 451 g/mol. The van der Waals surface area contributed by atoms with E-state index in [0.29, 0.717) is 22.6 Å². The molecule has 2 aromatic rings. The van der Waals surface area contributed by atoms with Crippen molar-refractivity contribution in [1.82, 2.24) is 14.4 Å². The first-order valence-corrected chi connectivity index (χ1v) is 10.7. The molecular weight excluding hydrogens is 426 g/mol. The summed E-state index contributed by atoms with van der Waals surface area (Å²) < 4.78 is 1.85. The highest BCUT2D eigenvalue weighted by atomic mass is 16.6. The van der Waals surface area contributed by atoms with Gasteiger partial charge in [-0.1, -0.05) is 0 Å². The van der Waals surface area contributed by atoms with Crippen molar-refractivity contribution in [2.24, 2.45) is 0 Å². The lowest BCUT2D eigenvalue weighted by atomic mass is 10.1. The molecule has 0 aliphatic carbocycles. The van der Waals surface area contributed by atoms with Gasteiger partial charge in [-0.3, -0.25) is 29.5 Å². The highest BCUT2D eigenvalue weighted by Crippen LogP contribution is 2.34. The Labute approximate surface area is 190 Å². The number of hydrogen-bond donors (Lipinski definition) is 0. The van der Waals surface area contributed by atoms with Gasteiger partial charge in [0, 0.05) is 44.6 Å². The van der Waals surface area contributed by atoms with Crippen LogP contribution in [0.1, 0.15) is 29.8 Å². The summed E-state index contributed by atoms with van der Waals surface area (Å²) in [4.78, 5) is 52.4. The Morgan fingerprint density at radius 3 is 2.15 bits per heavy atom. The van der Waals surface area contributed by atoms with E-state index < -0.39 is 17.8 Å². The smallest absolute Gasteiger partial charge is 0.333 e. The van der Waals surface area contributed by atoms with E-state index in [1.807, 2.05) is 29.4 Å². The summed E-state index contributed by atoms with van der Waals surface area (Å²) in [6.07, 6.45) is 3.50. The number of hydrogen-bond acceptors (Lipinski definition) is 6. The number of nitrogens with zero attached hydrogens (tertiary/aromatic N) is 5. The Hall–Kier alpha value is -3.95. The van der Waals surface area contributed by atoms with E-state index in [9.17, 15) is 24.5 Å². The first kappa shape index (κ1) is 22.3. The van der Waals surface area contributed by atoms with Gasteiger partial charge in [0.1, 0.15) is 11.3 Å². The number of nitro benzene ring substituents is 1. The number of urea groups is 1. The van der Waals surface area contributed by atoms with Crippen LogP contribution in [0.2, 0.25) is 0 Å². The fourth-order valence-electron chi connectivity index (χ4n) is 4.48. The number of nitro groups is 1. The molecular formula is C23H25N5O5. The predicted molar refractivity (Wildman–Crippen MR) is 122 cm³/mol. The van der Waals surface area contributed by atoms with E-state index in [4.69, 9.17) is 0 Å². The maximum Gasteiger partial charge on any atom is 0.333 e. The average Bonchev–Trinajstić information content (AvgIpc) is 3.41. The van der Waals surface area contributed by atoms with Crippen LogP contribution < -0.4 is 4.90 Å². The van der Waals surface area contributed by atoms with Crippen molar-refractivity contribution < 1.29 is 19.3 Å². The predicted octanol–water partition coefficient (Wildman–Crippen LogP) is 3.04. The second-order valence-corrected chi connectivity index (χ2v) is 8.36. The number of benzene rings is 1. The third-order valence-corrected chi connectivity index (χ3v) is 6.27. The zero-order valence-corrected chi connectivity index (χ0v) is 19.0. The lowest BCUT2D eigenvalue weighted by molar-refractivity contribution is -0.384. The zero-order chi connectivity index (χ0) is 24.0. The number of carbonyl (C=O) groups excluding carboxylic acids is 3. The standard InChI is InChI=1S/C23H25N5O5/c1-14-11-16(12-18-21(29)24(3)23(31)25(4)22(18)30)15(2)27(14)17-7-8-19(20(13-17)28(32)33)26-9-5-6-10-26/h7-8,11-13H,5-6,9-10H2,1-4H3. The molecule has 172 valence electrons. The van der Waals surface area contributed by atoms with Gasteiger partial charge < -0.3 is 9.47 Å². The van der Waals surface area contributed by atoms with Crippen LogP contribution in [0.25, 0.3) is 11.8 Å². The normalized spacial score (nSPS) is 16.8. The minimum atomic E-state index is -0.682. The number of barbiturate groups is 1. The SMILES string of the molecule is Cc1cc(C=C2C(=O)N(C)C(=O)N(C)C2=O)c(C)n1-c1ccc(N2CCCC2)c([N+](=O)[O-])c1. The van der Waals surface area contributed by atoms with Crippen LogP contribution in [0.4, 0.5) is 16.2 Å². The Bertz CT molecular complexity index is 1200. The lowest BCUT2D eigenvalue weighted by Crippen LogP contribution is -2.52. The van der Waals surface area contributed by atoms with Crippen molar-refractivity contribution in [3.63, 3.8) is 0 Å². The van der Waals surface area contributed by atoms with Gasteiger partial charge in [0.05, 0.1) is 10.6 Å². The van der Waals surface area contributed by atoms with Crippen molar-refractivity contribution in [2.75, 3.05) is 32.1 Å². The van der Waals surface area contributed by atoms with E-state index in [2.05, 4.69) is 0 Å². The molecule has 0 N–H and O–H groups in total. The van der Waals surface area contributed by atoms with Gasteiger partial charge in [0.25, 0.3) is 17.5 Å². The van der Waals surface area contributed by atoms with E-state index in [1.54, 1.807) is 18.2 Å². The van der Waals surface area contributed by atoms with E-state index in [0.717, 1.165) is 41.4 Å². The molecule has 3 heterocycles. The lowest BCUT2D eigenvalue weighted by Gasteiger charge is -2.28. The fraction of sp³-hybridized carbons (Fsp3) is 0.348. The molecule has 33 heavy (non-hydrogen) atoms. The van der Waals surface area contributed by atoms with Crippen LogP contribution in [0.3, 0.4) is 0 Å². The molecule has 0 radical (unpaired) electrons. The van der Waals surface area contributed by atoms with Crippen LogP contribution in [0, 0.1) is 24.0 Å². The Kier molecular flexibility index (Phi) is 5.52. The van der Waals surface area contributed by atoms with Gasteiger partial charge in [-0.2, -0.15) is 0 Å². The number of aromatic nitrogens is 1. The minimum Gasteiger partial charge on any atom is -0.366 e. The quantitative estimate of drug-likeness (QED) is 0.306. The summed E-state index contributed by atoms with van der Waals surface area (Å²) in [5.74, 6) is -1.34. The molecule has 0 spiro atoms. The average molecular weight is 451 g/mol. The molecule has 2 saturated heterocycles. The molecule has 2 aliphatic heterocycles.